The Bertz CT molecular complexity index is 663. The summed E-state index contributed by atoms with van der Waals surface area (Å²) in [6.07, 6.45) is 5.96. The minimum absolute atomic E-state index is 0.0453. The molecular weight excluding hydrogens is 278 g/mol. The Hall–Kier alpha value is -1.95. The van der Waals surface area contributed by atoms with Crippen molar-refractivity contribution in [2.75, 3.05) is 26.7 Å². The molecule has 22 heavy (non-hydrogen) atoms. The number of carbonyl (C=O) groups is 1. The van der Waals surface area contributed by atoms with Gasteiger partial charge in [-0.3, -0.25) is 9.78 Å². The van der Waals surface area contributed by atoms with E-state index in [1.807, 2.05) is 4.90 Å². The van der Waals surface area contributed by atoms with Gasteiger partial charge in [0.15, 0.2) is 0 Å². The van der Waals surface area contributed by atoms with Crippen molar-refractivity contribution in [2.45, 2.75) is 26.3 Å². The third kappa shape index (κ3) is 2.83. The topological polar surface area (TPSA) is 65.1 Å². The highest BCUT2D eigenvalue weighted by Crippen LogP contribution is 2.21. The summed E-state index contributed by atoms with van der Waals surface area (Å²) >= 11 is 0. The lowest BCUT2D eigenvalue weighted by molar-refractivity contribution is 0.0461. The number of pyridine rings is 1. The molecule has 6 heteroatoms. The molecule has 1 aliphatic rings. The van der Waals surface area contributed by atoms with Crippen molar-refractivity contribution in [1.82, 2.24) is 24.8 Å². The average molecular weight is 301 g/mol. The zero-order chi connectivity index (χ0) is 15.7. The second-order valence-corrected chi connectivity index (χ2v) is 6.53. The van der Waals surface area contributed by atoms with Crippen molar-refractivity contribution in [3.8, 4) is 0 Å². The van der Waals surface area contributed by atoms with Crippen LogP contribution in [0.3, 0.4) is 0 Å². The van der Waals surface area contributed by atoms with E-state index in [4.69, 9.17) is 0 Å². The second-order valence-electron chi connectivity index (χ2n) is 6.53. The molecule has 0 spiro atoms. The van der Waals surface area contributed by atoms with Gasteiger partial charge in [-0.05, 0) is 19.4 Å². The molecule has 1 amide bonds. The summed E-state index contributed by atoms with van der Waals surface area (Å²) < 4.78 is 0. The number of piperazine rings is 1. The van der Waals surface area contributed by atoms with Gasteiger partial charge >= 0.3 is 0 Å². The minimum atomic E-state index is 0.0453. The molecule has 1 saturated heterocycles. The van der Waals surface area contributed by atoms with Crippen LogP contribution in [0.1, 0.15) is 30.6 Å². The van der Waals surface area contributed by atoms with E-state index in [0.717, 1.165) is 31.6 Å². The molecular formula is C16H23N5O. The fourth-order valence-electron chi connectivity index (χ4n) is 3.20. The van der Waals surface area contributed by atoms with Crippen LogP contribution in [-0.2, 0) is 0 Å². The van der Waals surface area contributed by atoms with Crippen LogP contribution in [0.4, 0.5) is 0 Å². The molecule has 1 unspecified atom stereocenters. The highest BCUT2D eigenvalue weighted by molar-refractivity contribution is 6.04. The highest BCUT2D eigenvalue weighted by atomic mass is 16.2. The summed E-state index contributed by atoms with van der Waals surface area (Å²) in [5.41, 5.74) is 2.11. The van der Waals surface area contributed by atoms with E-state index >= 15 is 0 Å². The number of imidazole rings is 1. The molecule has 0 bridgehead atoms. The molecule has 2 aromatic rings. The SMILES string of the molecule is CC(C)CC1CN(C)CCN1C(=O)c1cncc2[nH]cnc12. The van der Waals surface area contributed by atoms with Crippen LogP contribution in [0.2, 0.25) is 0 Å². The van der Waals surface area contributed by atoms with Crippen molar-refractivity contribution in [3.63, 3.8) is 0 Å². The summed E-state index contributed by atoms with van der Waals surface area (Å²) in [5, 5.41) is 0. The summed E-state index contributed by atoms with van der Waals surface area (Å²) in [6, 6.07) is 0.250. The number of amides is 1. The number of aromatic amines is 1. The van der Waals surface area contributed by atoms with Crippen molar-refractivity contribution in [3.05, 3.63) is 24.3 Å². The summed E-state index contributed by atoms with van der Waals surface area (Å²) in [5.74, 6) is 0.607. The smallest absolute Gasteiger partial charge is 0.258 e. The molecule has 1 aliphatic heterocycles. The minimum Gasteiger partial charge on any atom is -0.343 e. The largest absolute Gasteiger partial charge is 0.343 e. The Morgan fingerprint density at radius 3 is 3.00 bits per heavy atom. The van der Waals surface area contributed by atoms with E-state index in [0.29, 0.717) is 17.0 Å². The second kappa shape index (κ2) is 6.04. The van der Waals surface area contributed by atoms with E-state index in [9.17, 15) is 4.79 Å². The van der Waals surface area contributed by atoms with Crippen LogP contribution in [0.25, 0.3) is 11.0 Å². The molecule has 6 nitrogen and oxygen atoms in total. The lowest BCUT2D eigenvalue weighted by Gasteiger charge is -2.41. The number of hydrogen-bond donors (Lipinski definition) is 1. The monoisotopic (exact) mass is 301 g/mol. The summed E-state index contributed by atoms with van der Waals surface area (Å²) in [6.45, 7) is 6.99. The number of fused-ring (bicyclic) bond motifs is 1. The summed E-state index contributed by atoms with van der Waals surface area (Å²) in [4.78, 5) is 28.8. The molecule has 0 aromatic carbocycles. The molecule has 2 aromatic heterocycles. The van der Waals surface area contributed by atoms with E-state index < -0.39 is 0 Å². The first-order chi connectivity index (χ1) is 10.6. The van der Waals surface area contributed by atoms with Crippen LogP contribution < -0.4 is 0 Å². The van der Waals surface area contributed by atoms with Gasteiger partial charge in [0, 0.05) is 31.9 Å². The first-order valence-electron chi connectivity index (χ1n) is 7.83. The van der Waals surface area contributed by atoms with Gasteiger partial charge in [-0.25, -0.2) is 4.98 Å². The fraction of sp³-hybridized carbons (Fsp3) is 0.562. The molecule has 0 saturated carbocycles. The molecule has 1 fully saturated rings. The average Bonchev–Trinajstić information content (AvgIpc) is 2.94. The number of hydrogen-bond acceptors (Lipinski definition) is 4. The fourth-order valence-corrected chi connectivity index (χ4v) is 3.20. The maximum absolute atomic E-state index is 13.0. The van der Waals surface area contributed by atoms with Gasteiger partial charge in [0.1, 0.15) is 5.52 Å². The molecule has 0 radical (unpaired) electrons. The van der Waals surface area contributed by atoms with Gasteiger partial charge in [-0.1, -0.05) is 13.8 Å². The predicted molar refractivity (Wildman–Crippen MR) is 85.7 cm³/mol. The number of likely N-dealkylation sites (N-methyl/N-ethyl adjacent to an activating group) is 1. The van der Waals surface area contributed by atoms with Crippen LogP contribution in [-0.4, -0.2) is 63.4 Å². The Morgan fingerprint density at radius 1 is 1.41 bits per heavy atom. The maximum Gasteiger partial charge on any atom is 0.258 e. The van der Waals surface area contributed by atoms with Gasteiger partial charge in [-0.2, -0.15) is 0 Å². The van der Waals surface area contributed by atoms with E-state index in [1.54, 1.807) is 18.7 Å². The van der Waals surface area contributed by atoms with Gasteiger partial charge in [0.05, 0.1) is 23.6 Å². The Balaban J connectivity index is 1.90. The van der Waals surface area contributed by atoms with Crippen molar-refractivity contribution in [1.29, 1.82) is 0 Å². The van der Waals surface area contributed by atoms with Crippen LogP contribution in [0.5, 0.6) is 0 Å². The third-order valence-corrected chi connectivity index (χ3v) is 4.25. The molecule has 3 rings (SSSR count). The Kier molecular flexibility index (Phi) is 4.11. The summed E-state index contributed by atoms with van der Waals surface area (Å²) in [7, 11) is 2.12. The Morgan fingerprint density at radius 2 is 2.23 bits per heavy atom. The molecule has 118 valence electrons. The van der Waals surface area contributed by atoms with Crippen LogP contribution in [0, 0.1) is 5.92 Å². The predicted octanol–water partition coefficient (Wildman–Crippen LogP) is 1.76. The lowest BCUT2D eigenvalue weighted by atomic mass is 9.99. The highest BCUT2D eigenvalue weighted by Gasteiger charge is 2.31. The third-order valence-electron chi connectivity index (χ3n) is 4.25. The van der Waals surface area contributed by atoms with Gasteiger partial charge < -0.3 is 14.8 Å². The number of carbonyl (C=O) groups excluding carboxylic acids is 1. The number of aromatic nitrogens is 3. The quantitative estimate of drug-likeness (QED) is 0.938. The lowest BCUT2D eigenvalue weighted by Crippen LogP contribution is -2.54. The first-order valence-corrected chi connectivity index (χ1v) is 7.83. The standard InChI is InChI=1S/C16H23N5O/c1-11(2)6-12-9-20(3)4-5-21(12)16(22)13-7-17-8-14-15(13)19-10-18-14/h7-8,10-12H,4-6,9H2,1-3H3,(H,18,19). The van der Waals surface area contributed by atoms with E-state index in [2.05, 4.69) is 40.7 Å². The Labute approximate surface area is 130 Å². The maximum atomic E-state index is 13.0. The van der Waals surface area contributed by atoms with Crippen LogP contribution in [0.15, 0.2) is 18.7 Å². The van der Waals surface area contributed by atoms with Gasteiger partial charge in [-0.15, -0.1) is 0 Å². The number of nitrogens with one attached hydrogen (secondary N) is 1. The zero-order valence-corrected chi connectivity index (χ0v) is 13.4. The van der Waals surface area contributed by atoms with Crippen molar-refractivity contribution < 1.29 is 4.79 Å². The molecule has 3 heterocycles. The normalized spacial score (nSPS) is 20.0. The van der Waals surface area contributed by atoms with Gasteiger partial charge in [0.25, 0.3) is 5.91 Å². The van der Waals surface area contributed by atoms with Crippen molar-refractivity contribution in [2.24, 2.45) is 5.92 Å². The zero-order valence-electron chi connectivity index (χ0n) is 13.4. The molecule has 0 aliphatic carbocycles. The number of H-pyrrole nitrogens is 1. The molecule has 1 N–H and O–H groups in total. The first kappa shape index (κ1) is 15.0. The molecule has 1 atom stereocenters. The van der Waals surface area contributed by atoms with Crippen LogP contribution >= 0.6 is 0 Å². The van der Waals surface area contributed by atoms with Crippen molar-refractivity contribution >= 4 is 16.9 Å². The van der Waals surface area contributed by atoms with E-state index in [1.165, 1.54) is 0 Å². The van der Waals surface area contributed by atoms with Gasteiger partial charge in [0.2, 0.25) is 0 Å². The number of nitrogens with zero attached hydrogens (tertiary/aromatic N) is 4. The van der Waals surface area contributed by atoms with E-state index in [-0.39, 0.29) is 11.9 Å². The number of rotatable bonds is 3.